The third-order valence-electron chi connectivity index (χ3n) is 9.09. The quantitative estimate of drug-likeness (QED) is 0.728. The number of rotatable bonds is 2. The van der Waals surface area contributed by atoms with Crippen molar-refractivity contribution < 1.29 is 14.7 Å². The number of hydrogen-bond donors (Lipinski definition) is 1. The summed E-state index contributed by atoms with van der Waals surface area (Å²) in [7, 11) is 0. The average molecular weight is 379 g/mol. The molecular formula is C22H31ClO3. The van der Waals surface area contributed by atoms with Gasteiger partial charge in [0.05, 0.1) is 11.5 Å². The van der Waals surface area contributed by atoms with E-state index >= 15 is 0 Å². The molecule has 4 heteroatoms. The lowest BCUT2D eigenvalue weighted by Gasteiger charge is -2.63. The SMILES string of the molecule is CC(=O)[C@H]1CC[C@H]2[C@@H]3CCC4=CC(=O)CC[C@]4(C)[C@H]3C[C@](O)(CCl)[C@]12C. The van der Waals surface area contributed by atoms with Crippen molar-refractivity contribution in [1.82, 2.24) is 0 Å². The van der Waals surface area contributed by atoms with Crippen molar-refractivity contribution in [2.75, 3.05) is 5.88 Å². The van der Waals surface area contributed by atoms with Crippen LogP contribution in [0.3, 0.4) is 0 Å². The van der Waals surface area contributed by atoms with Crippen LogP contribution < -0.4 is 0 Å². The van der Waals surface area contributed by atoms with E-state index in [0.29, 0.717) is 30.6 Å². The molecule has 4 aliphatic rings. The van der Waals surface area contributed by atoms with E-state index in [1.165, 1.54) is 5.57 Å². The van der Waals surface area contributed by atoms with Gasteiger partial charge in [0.15, 0.2) is 5.78 Å². The Kier molecular flexibility index (Phi) is 4.25. The minimum absolute atomic E-state index is 0.00743. The van der Waals surface area contributed by atoms with Crippen LogP contribution in [0.1, 0.15) is 65.7 Å². The molecule has 3 nitrogen and oxygen atoms in total. The summed E-state index contributed by atoms with van der Waals surface area (Å²) in [6.07, 6.45) is 7.98. The number of allylic oxidation sites excluding steroid dienone is 1. The second kappa shape index (κ2) is 5.91. The van der Waals surface area contributed by atoms with Crippen LogP contribution in [0.5, 0.6) is 0 Å². The smallest absolute Gasteiger partial charge is 0.155 e. The molecule has 7 atom stereocenters. The number of carbonyl (C=O) groups excluding carboxylic acids is 2. The van der Waals surface area contributed by atoms with E-state index in [2.05, 4.69) is 13.8 Å². The molecule has 1 N–H and O–H groups in total. The fourth-order valence-electron chi connectivity index (χ4n) is 7.55. The molecule has 0 bridgehead atoms. The van der Waals surface area contributed by atoms with Gasteiger partial charge in [-0.05, 0) is 74.7 Å². The van der Waals surface area contributed by atoms with Gasteiger partial charge in [0.2, 0.25) is 0 Å². The molecule has 4 aliphatic carbocycles. The molecule has 0 saturated heterocycles. The molecule has 26 heavy (non-hydrogen) atoms. The van der Waals surface area contributed by atoms with Crippen LogP contribution in [0.15, 0.2) is 11.6 Å². The van der Waals surface area contributed by atoms with Crippen molar-refractivity contribution in [2.24, 2.45) is 34.5 Å². The summed E-state index contributed by atoms with van der Waals surface area (Å²) < 4.78 is 0. The van der Waals surface area contributed by atoms with Gasteiger partial charge in [-0.2, -0.15) is 0 Å². The second-order valence-corrected chi connectivity index (χ2v) is 10.1. The molecule has 0 aromatic carbocycles. The normalized spacial score (nSPS) is 50.5. The monoisotopic (exact) mass is 378 g/mol. The molecule has 4 rings (SSSR count). The van der Waals surface area contributed by atoms with E-state index < -0.39 is 11.0 Å². The number of ketones is 2. The van der Waals surface area contributed by atoms with Gasteiger partial charge >= 0.3 is 0 Å². The lowest BCUT2D eigenvalue weighted by Crippen LogP contribution is -2.64. The molecular weight excluding hydrogens is 348 g/mol. The first-order valence-corrected chi connectivity index (χ1v) is 10.7. The summed E-state index contributed by atoms with van der Waals surface area (Å²) in [5.74, 6) is 1.75. The maximum absolute atomic E-state index is 12.4. The molecule has 0 amide bonds. The fraction of sp³-hybridized carbons (Fsp3) is 0.818. The van der Waals surface area contributed by atoms with Crippen LogP contribution in [0.4, 0.5) is 0 Å². The zero-order valence-corrected chi connectivity index (χ0v) is 16.9. The van der Waals surface area contributed by atoms with Crippen LogP contribution in [0.25, 0.3) is 0 Å². The summed E-state index contributed by atoms with van der Waals surface area (Å²) in [5, 5.41) is 11.8. The van der Waals surface area contributed by atoms with Gasteiger partial charge in [0.1, 0.15) is 5.78 Å². The van der Waals surface area contributed by atoms with Crippen LogP contribution in [-0.4, -0.2) is 28.2 Å². The van der Waals surface area contributed by atoms with Gasteiger partial charge in [-0.15, -0.1) is 11.6 Å². The number of halogens is 1. The number of aliphatic hydroxyl groups is 1. The standard InChI is InChI=1S/C22H31ClO3/c1-13(24)17-6-7-18-16-5-4-14-10-15(25)8-9-20(14,2)19(16)11-22(26,12-23)21(17,18)3/h10,16-19,26H,4-9,11-12H2,1-3H3/t16-,17+,18-,19-,20-,21+,22-/m0/s1. The molecule has 3 fully saturated rings. The first kappa shape index (κ1) is 18.7. The maximum Gasteiger partial charge on any atom is 0.155 e. The van der Waals surface area contributed by atoms with E-state index in [1.54, 1.807) is 6.92 Å². The Morgan fingerprint density at radius 2 is 1.96 bits per heavy atom. The summed E-state index contributed by atoms with van der Waals surface area (Å²) in [6.45, 7) is 6.11. The average Bonchev–Trinajstić information content (AvgIpc) is 2.96. The maximum atomic E-state index is 12.4. The van der Waals surface area contributed by atoms with E-state index in [0.717, 1.165) is 32.1 Å². The third kappa shape index (κ3) is 2.22. The summed E-state index contributed by atoms with van der Waals surface area (Å²) in [6, 6.07) is 0. The first-order valence-electron chi connectivity index (χ1n) is 10.2. The highest BCUT2D eigenvalue weighted by Gasteiger charge is 2.68. The van der Waals surface area contributed by atoms with Crippen molar-refractivity contribution in [3.05, 3.63) is 11.6 Å². The topological polar surface area (TPSA) is 54.4 Å². The molecule has 0 aromatic heterocycles. The lowest BCUT2D eigenvalue weighted by atomic mass is 9.43. The Bertz CT molecular complexity index is 685. The Balaban J connectivity index is 1.79. The zero-order chi connectivity index (χ0) is 18.9. The van der Waals surface area contributed by atoms with Crippen LogP contribution in [0, 0.1) is 34.5 Å². The van der Waals surface area contributed by atoms with E-state index in [9.17, 15) is 14.7 Å². The van der Waals surface area contributed by atoms with Gasteiger partial charge < -0.3 is 5.11 Å². The molecule has 0 unspecified atom stereocenters. The molecule has 0 aliphatic heterocycles. The number of hydrogen-bond acceptors (Lipinski definition) is 3. The summed E-state index contributed by atoms with van der Waals surface area (Å²) in [4.78, 5) is 24.4. The lowest BCUT2D eigenvalue weighted by molar-refractivity contribution is -0.190. The van der Waals surface area contributed by atoms with Gasteiger partial charge in [0.25, 0.3) is 0 Å². The largest absolute Gasteiger partial charge is 0.388 e. The van der Waals surface area contributed by atoms with Crippen molar-refractivity contribution in [3.63, 3.8) is 0 Å². The minimum atomic E-state index is -1.01. The minimum Gasteiger partial charge on any atom is -0.388 e. The van der Waals surface area contributed by atoms with E-state index in [-0.39, 0.29) is 28.8 Å². The first-order chi connectivity index (χ1) is 12.2. The predicted molar refractivity (Wildman–Crippen MR) is 102 cm³/mol. The van der Waals surface area contributed by atoms with Crippen LogP contribution >= 0.6 is 11.6 Å². The molecule has 0 radical (unpaired) electrons. The Morgan fingerprint density at radius 1 is 1.23 bits per heavy atom. The molecule has 0 heterocycles. The van der Waals surface area contributed by atoms with Crippen LogP contribution in [-0.2, 0) is 9.59 Å². The summed E-state index contributed by atoms with van der Waals surface area (Å²) >= 11 is 6.39. The van der Waals surface area contributed by atoms with E-state index in [1.807, 2.05) is 6.08 Å². The van der Waals surface area contributed by atoms with Crippen molar-refractivity contribution in [1.29, 1.82) is 0 Å². The van der Waals surface area contributed by atoms with Gasteiger partial charge in [-0.1, -0.05) is 19.4 Å². The zero-order valence-electron chi connectivity index (χ0n) is 16.2. The number of alkyl halides is 1. The van der Waals surface area contributed by atoms with Crippen molar-refractivity contribution >= 4 is 23.2 Å². The Labute approximate surface area is 161 Å². The number of Topliss-reactive ketones (excluding diaryl/α,β-unsaturated/α-hetero) is 1. The highest BCUT2D eigenvalue weighted by molar-refractivity contribution is 6.18. The van der Waals surface area contributed by atoms with Crippen molar-refractivity contribution in [2.45, 2.75) is 71.3 Å². The molecule has 3 saturated carbocycles. The molecule has 0 aromatic rings. The van der Waals surface area contributed by atoms with E-state index in [4.69, 9.17) is 11.6 Å². The number of fused-ring (bicyclic) bond motifs is 5. The third-order valence-corrected chi connectivity index (χ3v) is 9.53. The highest BCUT2D eigenvalue weighted by atomic mass is 35.5. The Hall–Kier alpha value is -0.670. The Morgan fingerprint density at radius 3 is 2.62 bits per heavy atom. The van der Waals surface area contributed by atoms with Crippen molar-refractivity contribution in [3.8, 4) is 0 Å². The van der Waals surface area contributed by atoms with Gasteiger partial charge in [-0.3, -0.25) is 9.59 Å². The number of carbonyl (C=O) groups is 2. The second-order valence-electron chi connectivity index (χ2n) is 9.86. The van der Waals surface area contributed by atoms with Gasteiger partial charge in [0, 0.05) is 17.8 Å². The fourth-order valence-corrected chi connectivity index (χ4v) is 7.95. The van der Waals surface area contributed by atoms with Gasteiger partial charge in [-0.25, -0.2) is 0 Å². The summed E-state index contributed by atoms with van der Waals surface area (Å²) in [5.41, 5.74) is -0.159. The predicted octanol–water partition coefficient (Wildman–Crippen LogP) is 4.30. The highest BCUT2D eigenvalue weighted by Crippen LogP contribution is 2.69. The van der Waals surface area contributed by atoms with Crippen LogP contribution in [0.2, 0.25) is 0 Å². The molecule has 0 spiro atoms. The molecule has 144 valence electrons.